The van der Waals surface area contributed by atoms with Crippen molar-refractivity contribution < 1.29 is 8.81 Å². The maximum atomic E-state index is 13.1. The number of nitrogens with two attached hydrogens (primary N) is 1. The van der Waals surface area contributed by atoms with E-state index in [0.29, 0.717) is 26.6 Å². The van der Waals surface area contributed by atoms with E-state index < -0.39 is 5.82 Å². The van der Waals surface area contributed by atoms with Gasteiger partial charge in [-0.15, -0.1) is 0 Å². The van der Waals surface area contributed by atoms with E-state index in [2.05, 4.69) is 15.9 Å². The third-order valence-corrected chi connectivity index (χ3v) is 3.25. The maximum absolute atomic E-state index is 13.1. The fraction of sp³-hybridized carbons (Fsp3) is 0.167. The van der Waals surface area contributed by atoms with Crippen LogP contribution in [0, 0.1) is 5.82 Å². The summed E-state index contributed by atoms with van der Waals surface area (Å²) in [7, 11) is 0. The molecule has 0 fully saturated rings. The van der Waals surface area contributed by atoms with Crippen LogP contribution in [-0.4, -0.2) is 0 Å². The van der Waals surface area contributed by atoms with E-state index in [1.54, 1.807) is 12.1 Å². The van der Waals surface area contributed by atoms with Crippen molar-refractivity contribution in [3.8, 4) is 11.3 Å². The first-order valence-corrected chi connectivity index (χ1v) is 6.16. The summed E-state index contributed by atoms with van der Waals surface area (Å²) >= 11 is 9.26. The fourth-order valence-electron chi connectivity index (χ4n) is 1.51. The molecule has 0 saturated carbocycles. The van der Waals surface area contributed by atoms with Gasteiger partial charge in [-0.1, -0.05) is 11.6 Å². The van der Waals surface area contributed by atoms with Crippen LogP contribution >= 0.6 is 27.5 Å². The number of hydrogen-bond acceptors (Lipinski definition) is 2. The molecule has 2 N–H and O–H groups in total. The fourth-order valence-corrected chi connectivity index (χ4v) is 2.55. The Hall–Kier alpha value is -0.840. The van der Waals surface area contributed by atoms with E-state index in [1.807, 2.05) is 6.92 Å². The summed E-state index contributed by atoms with van der Waals surface area (Å²) in [6, 6.07) is 5.95. The Morgan fingerprint density at radius 3 is 2.65 bits per heavy atom. The highest BCUT2D eigenvalue weighted by molar-refractivity contribution is 9.10. The Kier molecular flexibility index (Phi) is 3.56. The Morgan fingerprint density at radius 1 is 1.41 bits per heavy atom. The van der Waals surface area contributed by atoms with E-state index in [0.717, 1.165) is 0 Å². The molecule has 0 saturated heterocycles. The summed E-state index contributed by atoms with van der Waals surface area (Å²) in [5.41, 5.74) is 6.33. The minimum atomic E-state index is -0.399. The van der Waals surface area contributed by atoms with Gasteiger partial charge < -0.3 is 10.2 Å². The third kappa shape index (κ3) is 2.54. The molecule has 1 aromatic carbocycles. The first-order valence-electron chi connectivity index (χ1n) is 4.99. The zero-order valence-corrected chi connectivity index (χ0v) is 11.3. The van der Waals surface area contributed by atoms with Crippen molar-refractivity contribution >= 4 is 27.5 Å². The molecule has 2 nitrogen and oxygen atoms in total. The average molecular weight is 319 g/mol. The molecule has 0 aliphatic rings. The molecular weight excluding hydrogens is 308 g/mol. The lowest BCUT2D eigenvalue weighted by molar-refractivity contribution is 0.491. The zero-order valence-electron chi connectivity index (χ0n) is 9.01. The molecule has 0 aliphatic heterocycles. The molecule has 5 heteroatoms. The molecule has 0 spiro atoms. The normalized spacial score (nSPS) is 12.8. The van der Waals surface area contributed by atoms with Gasteiger partial charge in [0.25, 0.3) is 0 Å². The standard InChI is InChI=1S/C12H10BrClFNO/c1-6(16)10-2-3-11(17-10)12-8(13)4-7(15)5-9(12)14/h2-6H,16H2,1H3. The molecule has 0 radical (unpaired) electrons. The summed E-state index contributed by atoms with van der Waals surface area (Å²) in [4.78, 5) is 0. The van der Waals surface area contributed by atoms with Gasteiger partial charge in [0.1, 0.15) is 17.3 Å². The second-order valence-electron chi connectivity index (χ2n) is 3.74. The number of benzene rings is 1. The molecule has 2 aromatic rings. The molecular formula is C12H10BrClFNO. The van der Waals surface area contributed by atoms with Gasteiger partial charge in [-0.2, -0.15) is 0 Å². The molecule has 17 heavy (non-hydrogen) atoms. The first-order chi connectivity index (χ1) is 7.99. The van der Waals surface area contributed by atoms with Gasteiger partial charge in [0, 0.05) is 4.47 Å². The second kappa shape index (κ2) is 4.80. The molecule has 0 bridgehead atoms. The highest BCUT2D eigenvalue weighted by atomic mass is 79.9. The average Bonchev–Trinajstić information content (AvgIpc) is 2.65. The van der Waals surface area contributed by atoms with Crippen LogP contribution in [0.15, 0.2) is 33.2 Å². The van der Waals surface area contributed by atoms with Crippen molar-refractivity contribution in [2.45, 2.75) is 13.0 Å². The van der Waals surface area contributed by atoms with Crippen LogP contribution in [0.4, 0.5) is 4.39 Å². The van der Waals surface area contributed by atoms with E-state index in [-0.39, 0.29) is 6.04 Å². The summed E-state index contributed by atoms with van der Waals surface area (Å²) in [6.45, 7) is 1.82. The monoisotopic (exact) mass is 317 g/mol. The highest BCUT2D eigenvalue weighted by Gasteiger charge is 2.15. The van der Waals surface area contributed by atoms with Crippen LogP contribution < -0.4 is 5.73 Å². The number of rotatable bonds is 2. The van der Waals surface area contributed by atoms with Crippen molar-refractivity contribution in [1.29, 1.82) is 0 Å². The smallest absolute Gasteiger partial charge is 0.137 e. The Balaban J connectivity index is 2.52. The Labute approximate surface area is 112 Å². The topological polar surface area (TPSA) is 39.2 Å². The van der Waals surface area contributed by atoms with Crippen LogP contribution in [0.3, 0.4) is 0 Å². The van der Waals surface area contributed by atoms with Crippen molar-refractivity contribution in [1.82, 2.24) is 0 Å². The van der Waals surface area contributed by atoms with E-state index in [1.165, 1.54) is 12.1 Å². The SMILES string of the molecule is CC(N)c1ccc(-c2c(Cl)cc(F)cc2Br)o1. The molecule has 1 unspecified atom stereocenters. The van der Waals surface area contributed by atoms with Crippen LogP contribution in [0.2, 0.25) is 5.02 Å². The third-order valence-electron chi connectivity index (χ3n) is 2.33. The van der Waals surface area contributed by atoms with Gasteiger partial charge in [0.05, 0.1) is 16.6 Å². The number of halogens is 3. The first kappa shape index (κ1) is 12.6. The molecule has 1 atom stereocenters. The van der Waals surface area contributed by atoms with Crippen LogP contribution in [0.5, 0.6) is 0 Å². The zero-order chi connectivity index (χ0) is 12.6. The van der Waals surface area contributed by atoms with Crippen molar-refractivity contribution in [3.63, 3.8) is 0 Å². The summed E-state index contributed by atoms with van der Waals surface area (Å²) in [5, 5.41) is 0.294. The van der Waals surface area contributed by atoms with Crippen LogP contribution in [0.1, 0.15) is 18.7 Å². The van der Waals surface area contributed by atoms with Gasteiger partial charge in [-0.05, 0) is 47.1 Å². The summed E-state index contributed by atoms with van der Waals surface area (Å²) < 4.78 is 19.2. The quantitative estimate of drug-likeness (QED) is 0.884. The highest BCUT2D eigenvalue weighted by Crippen LogP contribution is 2.37. The largest absolute Gasteiger partial charge is 0.459 e. The Bertz CT molecular complexity index is 530. The predicted molar refractivity (Wildman–Crippen MR) is 69.4 cm³/mol. The lowest BCUT2D eigenvalue weighted by Crippen LogP contribution is -2.02. The van der Waals surface area contributed by atoms with Crippen LogP contribution in [0.25, 0.3) is 11.3 Å². The van der Waals surface area contributed by atoms with Gasteiger partial charge in [0.2, 0.25) is 0 Å². The van der Waals surface area contributed by atoms with Gasteiger partial charge >= 0.3 is 0 Å². The van der Waals surface area contributed by atoms with E-state index in [4.69, 9.17) is 21.8 Å². The van der Waals surface area contributed by atoms with Crippen molar-refractivity contribution in [2.75, 3.05) is 0 Å². The molecule has 1 aromatic heterocycles. The second-order valence-corrected chi connectivity index (χ2v) is 5.00. The van der Waals surface area contributed by atoms with Crippen molar-refractivity contribution in [2.24, 2.45) is 5.73 Å². The van der Waals surface area contributed by atoms with Gasteiger partial charge in [0.15, 0.2) is 0 Å². The lowest BCUT2D eigenvalue weighted by atomic mass is 10.2. The lowest BCUT2D eigenvalue weighted by Gasteiger charge is -2.05. The van der Waals surface area contributed by atoms with E-state index >= 15 is 0 Å². The minimum absolute atomic E-state index is 0.193. The molecule has 0 aliphatic carbocycles. The number of furan rings is 1. The van der Waals surface area contributed by atoms with Gasteiger partial charge in [-0.25, -0.2) is 4.39 Å². The minimum Gasteiger partial charge on any atom is -0.459 e. The van der Waals surface area contributed by atoms with E-state index in [9.17, 15) is 4.39 Å². The maximum Gasteiger partial charge on any atom is 0.137 e. The molecule has 0 amide bonds. The summed E-state index contributed by atoms with van der Waals surface area (Å²) in [6.07, 6.45) is 0. The number of hydrogen-bond donors (Lipinski definition) is 1. The molecule has 90 valence electrons. The van der Waals surface area contributed by atoms with Crippen molar-refractivity contribution in [3.05, 3.63) is 45.3 Å². The predicted octanol–water partition coefficient (Wildman–Crippen LogP) is 4.52. The molecule has 2 rings (SSSR count). The van der Waals surface area contributed by atoms with Gasteiger partial charge in [-0.3, -0.25) is 0 Å². The Morgan fingerprint density at radius 2 is 2.12 bits per heavy atom. The van der Waals surface area contributed by atoms with Crippen LogP contribution in [-0.2, 0) is 0 Å². The summed E-state index contributed by atoms with van der Waals surface area (Å²) in [5.74, 6) is 0.825. The molecule has 1 heterocycles.